The Bertz CT molecular complexity index is 2010. The van der Waals surface area contributed by atoms with Crippen molar-refractivity contribution in [2.45, 2.75) is 38.9 Å². The molecule has 0 spiro atoms. The van der Waals surface area contributed by atoms with Gasteiger partial charge in [0.1, 0.15) is 5.58 Å². The molecule has 0 radical (unpaired) electrons. The van der Waals surface area contributed by atoms with Gasteiger partial charge in [-0.15, -0.1) is 0 Å². The molecule has 4 aromatic carbocycles. The molecule has 1 saturated heterocycles. The summed E-state index contributed by atoms with van der Waals surface area (Å²) in [5.41, 5.74) is 2.08. The number of furan rings is 1. The first-order chi connectivity index (χ1) is 19.3. The Balaban J connectivity index is 1.53. The minimum Gasteiger partial charge on any atom is -0.454 e. The SMILES string of the molecule is [2H]c1cc([2H])c2c(c1[2H])c1c([2H])c([2H])cc([2H])c1n2-c1cccc2c1oc1cc(B3OC(C)(C)C(C)(C)O3)ccc12. The first-order valence-corrected chi connectivity index (χ1v) is 11.6. The van der Waals surface area contributed by atoms with Crippen LogP contribution in [0.15, 0.2) is 89.2 Å². The highest BCUT2D eigenvalue weighted by Crippen LogP contribution is 2.39. The van der Waals surface area contributed by atoms with Crippen molar-refractivity contribution in [3.05, 3.63) is 84.8 Å². The van der Waals surface area contributed by atoms with Crippen molar-refractivity contribution in [2.24, 2.45) is 0 Å². The van der Waals surface area contributed by atoms with Crippen molar-refractivity contribution in [1.82, 2.24) is 4.57 Å². The van der Waals surface area contributed by atoms with Crippen molar-refractivity contribution >= 4 is 56.3 Å². The third kappa shape index (κ3) is 2.89. The zero-order chi connectivity index (χ0) is 29.2. The number of rotatable bonds is 2. The maximum Gasteiger partial charge on any atom is 0.494 e. The maximum absolute atomic E-state index is 8.77. The summed E-state index contributed by atoms with van der Waals surface area (Å²) in [6, 6.07) is 13.4. The number of fused-ring (bicyclic) bond motifs is 6. The Morgan fingerprint density at radius 1 is 0.743 bits per heavy atom. The van der Waals surface area contributed by atoms with E-state index in [4.69, 9.17) is 22.0 Å². The van der Waals surface area contributed by atoms with Crippen LogP contribution in [-0.4, -0.2) is 22.9 Å². The third-order valence-electron chi connectivity index (χ3n) is 7.40. The Morgan fingerprint density at radius 2 is 1.40 bits per heavy atom. The van der Waals surface area contributed by atoms with Gasteiger partial charge in [-0.2, -0.15) is 0 Å². The van der Waals surface area contributed by atoms with Crippen LogP contribution in [0.4, 0.5) is 0 Å². The van der Waals surface area contributed by atoms with E-state index in [0.29, 0.717) is 27.9 Å². The van der Waals surface area contributed by atoms with Crippen LogP contribution in [0, 0.1) is 0 Å². The molecule has 1 aliphatic heterocycles. The summed E-state index contributed by atoms with van der Waals surface area (Å²) in [4.78, 5) is 0. The van der Waals surface area contributed by atoms with Gasteiger partial charge >= 0.3 is 7.12 Å². The number of hydrogen-bond acceptors (Lipinski definition) is 3. The standard InChI is InChI=1S/C30H26BNO3/c1-29(2)30(3,4)35-31(34-29)19-16-17-22-23-12-9-15-26(28(23)33-27(22)18-19)32-24-13-7-5-10-20(24)21-11-6-8-14-25(21)32/h5-18H,1-4H3/i5D,6D,10D,11D,13D,14D. The van der Waals surface area contributed by atoms with Gasteiger partial charge in [0, 0.05) is 21.5 Å². The van der Waals surface area contributed by atoms with E-state index in [1.807, 2.05) is 64.1 Å². The summed E-state index contributed by atoms with van der Waals surface area (Å²) in [6.07, 6.45) is 0. The minimum atomic E-state index is -0.560. The Hall–Kier alpha value is -3.54. The highest BCUT2D eigenvalue weighted by atomic mass is 16.7. The average molecular weight is 465 g/mol. The number of nitrogens with zero attached hydrogens (tertiary/aromatic N) is 1. The first-order valence-electron chi connectivity index (χ1n) is 14.6. The molecule has 0 aliphatic carbocycles. The highest BCUT2D eigenvalue weighted by molar-refractivity contribution is 6.62. The molecule has 5 heteroatoms. The molecule has 0 N–H and O–H groups in total. The quantitative estimate of drug-likeness (QED) is 0.259. The smallest absolute Gasteiger partial charge is 0.454 e. The number of benzene rings is 4. The van der Waals surface area contributed by atoms with Crippen LogP contribution in [0.2, 0.25) is 0 Å². The summed E-state index contributed by atoms with van der Waals surface area (Å²) in [5, 5.41) is 2.10. The van der Waals surface area contributed by atoms with Crippen LogP contribution >= 0.6 is 0 Å². The maximum atomic E-state index is 8.77. The van der Waals surface area contributed by atoms with Crippen molar-refractivity contribution in [3.8, 4) is 5.69 Å². The Kier molecular flexibility index (Phi) is 3.09. The normalized spacial score (nSPS) is 19.7. The van der Waals surface area contributed by atoms with Gasteiger partial charge in [-0.05, 0) is 57.4 Å². The second-order valence-corrected chi connectivity index (χ2v) is 10.00. The first kappa shape index (κ1) is 15.5. The fraction of sp³-hybridized carbons (Fsp3) is 0.200. The summed E-state index contributed by atoms with van der Waals surface area (Å²) >= 11 is 0. The molecule has 0 unspecified atom stereocenters. The molecule has 35 heavy (non-hydrogen) atoms. The van der Waals surface area contributed by atoms with Crippen LogP contribution in [0.3, 0.4) is 0 Å². The van der Waals surface area contributed by atoms with Crippen LogP contribution < -0.4 is 5.46 Å². The highest BCUT2D eigenvalue weighted by Gasteiger charge is 2.51. The second kappa shape index (κ2) is 7.00. The molecule has 1 aliphatic rings. The topological polar surface area (TPSA) is 36.5 Å². The molecule has 3 heterocycles. The monoisotopic (exact) mass is 465 g/mol. The van der Waals surface area contributed by atoms with Gasteiger partial charge in [0.2, 0.25) is 0 Å². The van der Waals surface area contributed by atoms with Crippen LogP contribution in [0.1, 0.15) is 35.9 Å². The van der Waals surface area contributed by atoms with E-state index in [1.54, 1.807) is 4.57 Å². The van der Waals surface area contributed by atoms with E-state index in [9.17, 15) is 0 Å². The molecular weight excluding hydrogens is 433 g/mol. The van der Waals surface area contributed by atoms with Crippen molar-refractivity contribution in [1.29, 1.82) is 0 Å². The molecule has 0 saturated carbocycles. The average Bonchev–Trinajstić information content (AvgIpc) is 3.53. The van der Waals surface area contributed by atoms with Crippen LogP contribution in [0.5, 0.6) is 0 Å². The summed E-state index contributed by atoms with van der Waals surface area (Å²) in [5.74, 6) is 0. The van der Waals surface area contributed by atoms with Gasteiger partial charge in [0.25, 0.3) is 0 Å². The predicted octanol–water partition coefficient (Wildman–Crippen LogP) is 6.98. The molecule has 172 valence electrons. The van der Waals surface area contributed by atoms with Gasteiger partial charge in [-0.1, -0.05) is 60.6 Å². The largest absolute Gasteiger partial charge is 0.494 e. The van der Waals surface area contributed by atoms with Crippen LogP contribution in [-0.2, 0) is 9.31 Å². The molecule has 2 aromatic heterocycles. The second-order valence-electron chi connectivity index (χ2n) is 10.00. The predicted molar refractivity (Wildman–Crippen MR) is 144 cm³/mol. The molecule has 0 bridgehead atoms. The van der Waals surface area contributed by atoms with E-state index >= 15 is 0 Å². The fourth-order valence-corrected chi connectivity index (χ4v) is 4.86. The van der Waals surface area contributed by atoms with Crippen molar-refractivity contribution < 1.29 is 22.0 Å². The zero-order valence-corrected chi connectivity index (χ0v) is 19.9. The molecule has 6 aromatic rings. The van der Waals surface area contributed by atoms with E-state index in [2.05, 4.69) is 0 Å². The Morgan fingerprint density at radius 3 is 2.06 bits per heavy atom. The molecule has 0 atom stereocenters. The van der Waals surface area contributed by atoms with Gasteiger partial charge < -0.3 is 18.3 Å². The van der Waals surface area contributed by atoms with E-state index in [-0.39, 0.29) is 47.0 Å². The van der Waals surface area contributed by atoms with Gasteiger partial charge in [0.05, 0.1) is 36.1 Å². The lowest BCUT2D eigenvalue weighted by Gasteiger charge is -2.32. The molecule has 7 rings (SSSR count). The number of para-hydroxylation sites is 3. The van der Waals surface area contributed by atoms with Crippen molar-refractivity contribution in [2.75, 3.05) is 0 Å². The van der Waals surface area contributed by atoms with E-state index in [1.165, 1.54) is 12.1 Å². The summed E-state index contributed by atoms with van der Waals surface area (Å²) in [6.45, 7) is 8.01. The van der Waals surface area contributed by atoms with E-state index in [0.717, 1.165) is 16.2 Å². The van der Waals surface area contributed by atoms with Gasteiger partial charge in [0.15, 0.2) is 5.58 Å². The third-order valence-corrected chi connectivity index (χ3v) is 7.40. The lowest BCUT2D eigenvalue weighted by atomic mass is 9.79. The summed E-state index contributed by atoms with van der Waals surface area (Å²) < 4.78 is 72.0. The molecule has 1 fully saturated rings. The fourth-order valence-electron chi connectivity index (χ4n) is 4.86. The summed E-state index contributed by atoms with van der Waals surface area (Å²) in [7, 11) is -0.560. The van der Waals surface area contributed by atoms with Crippen LogP contribution in [0.25, 0.3) is 49.4 Å². The minimum absolute atomic E-state index is 0.0151. The molecule has 0 amide bonds. The number of aromatic nitrogens is 1. The molecular formula is C30H26BNO3. The molecule has 4 nitrogen and oxygen atoms in total. The zero-order valence-electron chi connectivity index (χ0n) is 25.9. The lowest BCUT2D eigenvalue weighted by molar-refractivity contribution is 0.00578. The van der Waals surface area contributed by atoms with Gasteiger partial charge in [-0.3, -0.25) is 0 Å². The Labute approximate surface area is 212 Å². The van der Waals surface area contributed by atoms with E-state index < -0.39 is 18.3 Å². The number of hydrogen-bond donors (Lipinski definition) is 0. The lowest BCUT2D eigenvalue weighted by Crippen LogP contribution is -2.41. The van der Waals surface area contributed by atoms with Gasteiger partial charge in [-0.25, -0.2) is 0 Å². The van der Waals surface area contributed by atoms with Crippen molar-refractivity contribution in [3.63, 3.8) is 0 Å².